The average Bonchev–Trinajstić information content (AvgIpc) is 2.37. The van der Waals surface area contributed by atoms with Gasteiger partial charge in [-0.1, -0.05) is 22.9 Å². The number of hydrogen-bond acceptors (Lipinski definition) is 3. The second-order valence-electron chi connectivity index (χ2n) is 5.02. The van der Waals surface area contributed by atoms with Crippen LogP contribution in [0.5, 0.6) is 0 Å². The Morgan fingerprint density at radius 2 is 1.90 bits per heavy atom. The Morgan fingerprint density at radius 3 is 2.40 bits per heavy atom. The Kier molecular flexibility index (Phi) is 6.07. The first-order valence-electron chi connectivity index (χ1n) is 6.18. The highest BCUT2D eigenvalue weighted by atomic mass is 79.9. The van der Waals surface area contributed by atoms with Gasteiger partial charge in [0.05, 0.1) is 10.7 Å². The zero-order chi connectivity index (χ0) is 15.3. The van der Waals surface area contributed by atoms with Gasteiger partial charge in [-0.25, -0.2) is 0 Å². The number of halogens is 1. The van der Waals surface area contributed by atoms with E-state index in [0.717, 1.165) is 9.37 Å². The third-order valence-electron chi connectivity index (χ3n) is 2.72. The van der Waals surface area contributed by atoms with Crippen molar-refractivity contribution in [2.24, 2.45) is 5.92 Å². The van der Waals surface area contributed by atoms with E-state index in [0.29, 0.717) is 0 Å². The van der Waals surface area contributed by atoms with Crippen LogP contribution >= 0.6 is 27.7 Å². The summed E-state index contributed by atoms with van der Waals surface area (Å²) in [6, 6.07) is 7.71. The van der Waals surface area contributed by atoms with Crippen molar-refractivity contribution in [2.45, 2.75) is 30.4 Å². The number of benzene rings is 1. The zero-order valence-corrected chi connectivity index (χ0v) is 14.0. The lowest BCUT2D eigenvalue weighted by atomic mass is 10.1. The SMILES string of the molecule is CC(CNC(=O)C(C)(C)Sc1ccc(Br)cc1)C(=O)O. The molecule has 6 heteroatoms. The molecule has 0 bridgehead atoms. The quantitative estimate of drug-likeness (QED) is 0.765. The zero-order valence-electron chi connectivity index (χ0n) is 11.6. The standard InChI is InChI=1S/C14H18BrNO3S/c1-9(12(17)18)8-16-13(19)14(2,3)20-11-6-4-10(15)5-7-11/h4-7,9H,8H2,1-3H3,(H,16,19)(H,17,18). The van der Waals surface area contributed by atoms with E-state index >= 15 is 0 Å². The summed E-state index contributed by atoms with van der Waals surface area (Å²) in [5, 5.41) is 11.5. The Balaban J connectivity index is 2.61. The number of carbonyl (C=O) groups is 2. The third kappa shape index (κ3) is 5.17. The van der Waals surface area contributed by atoms with Crippen molar-refractivity contribution in [3.63, 3.8) is 0 Å². The molecule has 1 atom stereocenters. The highest BCUT2D eigenvalue weighted by Gasteiger charge is 2.29. The molecule has 1 aromatic rings. The number of amides is 1. The number of thioether (sulfide) groups is 1. The Labute approximate surface area is 131 Å². The first-order chi connectivity index (χ1) is 9.22. The summed E-state index contributed by atoms with van der Waals surface area (Å²) in [5.41, 5.74) is 0. The maximum atomic E-state index is 12.1. The van der Waals surface area contributed by atoms with Gasteiger partial charge in [-0.05, 0) is 38.1 Å². The fourth-order valence-electron chi connectivity index (χ4n) is 1.39. The molecule has 0 heterocycles. The molecular weight excluding hydrogens is 342 g/mol. The summed E-state index contributed by atoms with van der Waals surface area (Å²) in [4.78, 5) is 23.8. The van der Waals surface area contributed by atoms with Crippen molar-refractivity contribution in [2.75, 3.05) is 6.54 Å². The van der Waals surface area contributed by atoms with Gasteiger partial charge in [0, 0.05) is 15.9 Å². The highest BCUT2D eigenvalue weighted by Crippen LogP contribution is 2.33. The molecule has 2 N–H and O–H groups in total. The maximum Gasteiger partial charge on any atom is 0.308 e. The summed E-state index contributed by atoms with van der Waals surface area (Å²) in [5.74, 6) is -1.67. The van der Waals surface area contributed by atoms with Crippen LogP contribution in [0, 0.1) is 5.92 Å². The lowest BCUT2D eigenvalue weighted by Gasteiger charge is -2.23. The summed E-state index contributed by atoms with van der Waals surface area (Å²) in [6.07, 6.45) is 0. The monoisotopic (exact) mass is 359 g/mol. The number of carboxylic acid groups (broad SMARTS) is 1. The number of carboxylic acids is 1. The van der Waals surface area contributed by atoms with E-state index in [2.05, 4.69) is 21.2 Å². The largest absolute Gasteiger partial charge is 0.481 e. The van der Waals surface area contributed by atoms with Crippen LogP contribution < -0.4 is 5.32 Å². The lowest BCUT2D eigenvalue weighted by molar-refractivity contribution is -0.141. The van der Waals surface area contributed by atoms with E-state index in [1.807, 2.05) is 38.1 Å². The van der Waals surface area contributed by atoms with Crippen LogP contribution in [-0.4, -0.2) is 28.3 Å². The van der Waals surface area contributed by atoms with Gasteiger partial charge in [-0.3, -0.25) is 9.59 Å². The van der Waals surface area contributed by atoms with Crippen LogP contribution in [0.15, 0.2) is 33.6 Å². The summed E-state index contributed by atoms with van der Waals surface area (Å²) in [7, 11) is 0. The van der Waals surface area contributed by atoms with Crippen molar-refractivity contribution in [3.8, 4) is 0 Å². The molecule has 0 aliphatic rings. The Hall–Kier alpha value is -1.01. The molecule has 0 aliphatic carbocycles. The second kappa shape index (κ2) is 7.13. The molecule has 1 amide bonds. The molecule has 0 aliphatic heterocycles. The van der Waals surface area contributed by atoms with E-state index in [4.69, 9.17) is 5.11 Å². The molecule has 1 unspecified atom stereocenters. The minimum atomic E-state index is -0.913. The number of aliphatic carboxylic acids is 1. The smallest absolute Gasteiger partial charge is 0.308 e. The van der Waals surface area contributed by atoms with E-state index in [1.54, 1.807) is 6.92 Å². The Morgan fingerprint density at radius 1 is 1.35 bits per heavy atom. The van der Waals surface area contributed by atoms with Gasteiger partial charge in [0.1, 0.15) is 0 Å². The second-order valence-corrected chi connectivity index (χ2v) is 7.63. The minimum Gasteiger partial charge on any atom is -0.481 e. The number of hydrogen-bond donors (Lipinski definition) is 2. The van der Waals surface area contributed by atoms with Crippen LogP contribution in [0.25, 0.3) is 0 Å². The predicted molar refractivity (Wildman–Crippen MR) is 83.9 cm³/mol. The van der Waals surface area contributed by atoms with Gasteiger partial charge >= 0.3 is 5.97 Å². The average molecular weight is 360 g/mol. The van der Waals surface area contributed by atoms with Gasteiger partial charge in [-0.2, -0.15) is 0 Å². The van der Waals surface area contributed by atoms with Crippen LogP contribution in [-0.2, 0) is 9.59 Å². The molecule has 1 rings (SSSR count). The van der Waals surface area contributed by atoms with Crippen molar-refractivity contribution < 1.29 is 14.7 Å². The molecule has 110 valence electrons. The number of nitrogens with one attached hydrogen (secondary N) is 1. The number of carbonyl (C=O) groups excluding carboxylic acids is 1. The van der Waals surface area contributed by atoms with Gasteiger partial charge in [-0.15, -0.1) is 11.8 Å². The van der Waals surface area contributed by atoms with Crippen LogP contribution in [0.2, 0.25) is 0 Å². The molecule has 0 spiro atoms. The number of rotatable bonds is 6. The van der Waals surface area contributed by atoms with E-state index in [1.165, 1.54) is 11.8 Å². The molecule has 0 fully saturated rings. The van der Waals surface area contributed by atoms with Crippen LogP contribution in [0.4, 0.5) is 0 Å². The van der Waals surface area contributed by atoms with Crippen molar-refractivity contribution >= 4 is 39.6 Å². The normalized spacial score (nSPS) is 12.8. The fourth-order valence-corrected chi connectivity index (χ4v) is 2.68. The Bertz CT molecular complexity index is 488. The van der Waals surface area contributed by atoms with E-state index in [-0.39, 0.29) is 12.5 Å². The van der Waals surface area contributed by atoms with Crippen molar-refractivity contribution in [1.29, 1.82) is 0 Å². The molecule has 0 radical (unpaired) electrons. The molecule has 0 saturated heterocycles. The summed E-state index contributed by atoms with van der Waals surface area (Å²) < 4.78 is 0.325. The summed E-state index contributed by atoms with van der Waals surface area (Å²) in [6.45, 7) is 5.34. The lowest BCUT2D eigenvalue weighted by Crippen LogP contribution is -2.42. The molecular formula is C14H18BrNO3S. The highest BCUT2D eigenvalue weighted by molar-refractivity contribution is 9.10. The minimum absolute atomic E-state index is 0.137. The maximum absolute atomic E-state index is 12.1. The van der Waals surface area contributed by atoms with E-state index in [9.17, 15) is 9.59 Å². The van der Waals surface area contributed by atoms with Crippen LogP contribution in [0.3, 0.4) is 0 Å². The van der Waals surface area contributed by atoms with Gasteiger partial charge in [0.25, 0.3) is 0 Å². The van der Waals surface area contributed by atoms with Gasteiger partial charge in [0.15, 0.2) is 0 Å². The molecule has 4 nitrogen and oxygen atoms in total. The molecule has 0 aromatic heterocycles. The third-order valence-corrected chi connectivity index (χ3v) is 4.46. The molecule has 20 heavy (non-hydrogen) atoms. The predicted octanol–water partition coefficient (Wildman–Crippen LogP) is 3.16. The van der Waals surface area contributed by atoms with Gasteiger partial charge < -0.3 is 10.4 Å². The fraction of sp³-hybridized carbons (Fsp3) is 0.429. The first-order valence-corrected chi connectivity index (χ1v) is 7.79. The molecule has 1 aromatic carbocycles. The van der Waals surface area contributed by atoms with E-state index < -0.39 is 16.6 Å². The first kappa shape index (κ1) is 17.0. The van der Waals surface area contributed by atoms with Crippen LogP contribution in [0.1, 0.15) is 20.8 Å². The van der Waals surface area contributed by atoms with Crippen molar-refractivity contribution in [3.05, 3.63) is 28.7 Å². The topological polar surface area (TPSA) is 66.4 Å². The molecule has 0 saturated carbocycles. The summed E-state index contributed by atoms with van der Waals surface area (Å²) >= 11 is 4.81. The van der Waals surface area contributed by atoms with Gasteiger partial charge in [0.2, 0.25) is 5.91 Å². The van der Waals surface area contributed by atoms with Crippen molar-refractivity contribution in [1.82, 2.24) is 5.32 Å².